The summed E-state index contributed by atoms with van der Waals surface area (Å²) in [5, 5.41) is 3.02. The third-order valence-electron chi connectivity index (χ3n) is 2.40. The Hall–Kier alpha value is -1.33. The molecule has 0 aliphatic carbocycles. The van der Waals surface area contributed by atoms with E-state index >= 15 is 0 Å². The molecule has 0 spiro atoms. The molecule has 1 aromatic rings. The van der Waals surface area contributed by atoms with Gasteiger partial charge in [0.15, 0.2) is 0 Å². The van der Waals surface area contributed by atoms with Crippen LogP contribution in [0, 0.1) is 0 Å². The molecule has 0 bridgehead atoms. The zero-order valence-electron chi connectivity index (χ0n) is 10.0. The highest BCUT2D eigenvalue weighted by Crippen LogP contribution is 2.11. The molecule has 0 aliphatic heterocycles. The van der Waals surface area contributed by atoms with Crippen LogP contribution in [0.2, 0.25) is 5.15 Å². The number of likely N-dealkylation sites (N-methyl/N-ethyl adjacent to an activating group) is 1. The maximum atomic E-state index is 11.7. The number of nitrogen functional groups attached to an aromatic ring is 1. The summed E-state index contributed by atoms with van der Waals surface area (Å²) >= 11 is 5.72. The van der Waals surface area contributed by atoms with Crippen LogP contribution in [-0.4, -0.2) is 42.5 Å². The molecule has 1 rings (SSSR count). The van der Waals surface area contributed by atoms with Crippen molar-refractivity contribution in [3.8, 4) is 0 Å². The van der Waals surface area contributed by atoms with Gasteiger partial charge in [-0.15, -0.1) is 0 Å². The average molecular weight is 257 g/mol. The summed E-state index contributed by atoms with van der Waals surface area (Å²) in [4.78, 5) is 17.6. The molecule has 94 valence electrons. The van der Waals surface area contributed by atoms with E-state index in [-0.39, 0.29) is 16.9 Å². The molecule has 1 heterocycles. The molecular formula is C11H17ClN4O. The smallest absolute Gasteiger partial charge is 0.251 e. The second-order valence-electron chi connectivity index (χ2n) is 3.76. The Bertz CT molecular complexity index is 377. The van der Waals surface area contributed by atoms with Gasteiger partial charge in [0, 0.05) is 18.7 Å². The largest absolute Gasteiger partial charge is 0.384 e. The monoisotopic (exact) mass is 256 g/mol. The average Bonchev–Trinajstić information content (AvgIpc) is 2.27. The highest BCUT2D eigenvalue weighted by Gasteiger charge is 2.07. The van der Waals surface area contributed by atoms with Gasteiger partial charge in [-0.3, -0.25) is 4.79 Å². The summed E-state index contributed by atoms with van der Waals surface area (Å²) in [5.41, 5.74) is 5.94. The molecule has 5 nitrogen and oxygen atoms in total. The summed E-state index contributed by atoms with van der Waals surface area (Å²) in [7, 11) is 1.99. The highest BCUT2D eigenvalue weighted by molar-refractivity contribution is 6.29. The van der Waals surface area contributed by atoms with Gasteiger partial charge in [0.05, 0.1) is 0 Å². The van der Waals surface area contributed by atoms with Crippen LogP contribution in [0.25, 0.3) is 0 Å². The van der Waals surface area contributed by atoms with Crippen LogP contribution >= 0.6 is 11.6 Å². The van der Waals surface area contributed by atoms with E-state index in [1.165, 1.54) is 12.1 Å². The molecule has 0 atom stereocenters. The third-order valence-corrected chi connectivity index (χ3v) is 2.59. The number of nitrogens with one attached hydrogen (secondary N) is 1. The van der Waals surface area contributed by atoms with Gasteiger partial charge in [-0.05, 0) is 25.7 Å². The Labute approximate surface area is 106 Å². The molecular weight excluding hydrogens is 240 g/mol. The molecule has 0 fully saturated rings. The lowest BCUT2D eigenvalue weighted by Crippen LogP contribution is -2.32. The summed E-state index contributed by atoms with van der Waals surface area (Å²) in [6, 6.07) is 3.00. The number of rotatable bonds is 5. The first-order valence-electron chi connectivity index (χ1n) is 5.42. The number of halogens is 1. The number of nitrogens with two attached hydrogens (primary N) is 1. The van der Waals surface area contributed by atoms with Crippen LogP contribution in [0.3, 0.4) is 0 Å². The van der Waals surface area contributed by atoms with Gasteiger partial charge in [-0.1, -0.05) is 18.5 Å². The van der Waals surface area contributed by atoms with Crippen molar-refractivity contribution >= 4 is 23.3 Å². The number of hydrogen-bond donors (Lipinski definition) is 2. The number of pyridine rings is 1. The minimum Gasteiger partial charge on any atom is -0.384 e. The van der Waals surface area contributed by atoms with E-state index in [1.807, 2.05) is 7.05 Å². The van der Waals surface area contributed by atoms with Crippen molar-refractivity contribution < 1.29 is 4.79 Å². The lowest BCUT2D eigenvalue weighted by Gasteiger charge is -2.14. The van der Waals surface area contributed by atoms with Crippen molar-refractivity contribution in [2.24, 2.45) is 0 Å². The number of anilines is 1. The number of nitrogens with zero attached hydrogens (tertiary/aromatic N) is 2. The summed E-state index contributed by atoms with van der Waals surface area (Å²) < 4.78 is 0. The van der Waals surface area contributed by atoms with E-state index in [9.17, 15) is 4.79 Å². The zero-order valence-corrected chi connectivity index (χ0v) is 10.8. The van der Waals surface area contributed by atoms with Crippen molar-refractivity contribution in [1.82, 2.24) is 15.2 Å². The molecule has 1 amide bonds. The van der Waals surface area contributed by atoms with Crippen molar-refractivity contribution in [1.29, 1.82) is 0 Å². The first kappa shape index (κ1) is 13.7. The molecule has 0 unspecified atom stereocenters. The lowest BCUT2D eigenvalue weighted by molar-refractivity contribution is 0.0950. The minimum atomic E-state index is -0.189. The van der Waals surface area contributed by atoms with Gasteiger partial charge < -0.3 is 16.0 Å². The fourth-order valence-corrected chi connectivity index (χ4v) is 1.48. The molecule has 3 N–H and O–H groups in total. The predicted molar refractivity (Wildman–Crippen MR) is 69.2 cm³/mol. The normalized spacial score (nSPS) is 10.6. The SMILES string of the molecule is CCN(C)CCNC(=O)c1cc(N)nc(Cl)c1. The van der Waals surface area contributed by atoms with Crippen LogP contribution in [-0.2, 0) is 0 Å². The number of carbonyl (C=O) groups is 1. The predicted octanol–water partition coefficient (Wildman–Crippen LogP) is 0.999. The van der Waals surface area contributed by atoms with E-state index in [4.69, 9.17) is 17.3 Å². The molecule has 0 saturated heterocycles. The quantitative estimate of drug-likeness (QED) is 0.771. The van der Waals surface area contributed by atoms with Crippen molar-refractivity contribution in [3.63, 3.8) is 0 Å². The Balaban J connectivity index is 2.52. The van der Waals surface area contributed by atoms with Crippen molar-refractivity contribution in [2.75, 3.05) is 32.4 Å². The summed E-state index contributed by atoms with van der Waals surface area (Å²) in [6.45, 7) is 4.40. The molecule has 0 radical (unpaired) electrons. The van der Waals surface area contributed by atoms with Gasteiger partial charge in [0.25, 0.3) is 5.91 Å². The van der Waals surface area contributed by atoms with Crippen LogP contribution in [0.15, 0.2) is 12.1 Å². The van der Waals surface area contributed by atoms with Gasteiger partial charge in [0.2, 0.25) is 0 Å². The standard InChI is InChI=1S/C11H17ClN4O/c1-3-16(2)5-4-14-11(17)8-6-9(12)15-10(13)7-8/h6-7H,3-5H2,1-2H3,(H2,13,15)(H,14,17). The van der Waals surface area contributed by atoms with Crippen LogP contribution in [0.5, 0.6) is 0 Å². The fourth-order valence-electron chi connectivity index (χ4n) is 1.27. The molecule has 0 aliphatic rings. The first-order valence-corrected chi connectivity index (χ1v) is 5.80. The van der Waals surface area contributed by atoms with Crippen LogP contribution in [0.1, 0.15) is 17.3 Å². The van der Waals surface area contributed by atoms with Gasteiger partial charge in [-0.2, -0.15) is 0 Å². The molecule has 0 saturated carbocycles. The van der Waals surface area contributed by atoms with E-state index in [2.05, 4.69) is 22.1 Å². The minimum absolute atomic E-state index is 0.189. The van der Waals surface area contributed by atoms with Crippen LogP contribution < -0.4 is 11.1 Å². The highest BCUT2D eigenvalue weighted by atomic mass is 35.5. The van der Waals surface area contributed by atoms with Crippen molar-refractivity contribution in [3.05, 3.63) is 22.8 Å². The molecule has 0 aromatic carbocycles. The second kappa shape index (κ2) is 6.42. The van der Waals surface area contributed by atoms with Crippen LogP contribution in [0.4, 0.5) is 5.82 Å². The maximum absolute atomic E-state index is 11.7. The van der Waals surface area contributed by atoms with Gasteiger partial charge >= 0.3 is 0 Å². The third kappa shape index (κ3) is 4.58. The molecule has 1 aromatic heterocycles. The van der Waals surface area contributed by atoms with Gasteiger partial charge in [-0.25, -0.2) is 4.98 Å². The Kier molecular flexibility index (Phi) is 5.18. The Morgan fingerprint density at radius 2 is 2.29 bits per heavy atom. The number of amides is 1. The molecule has 17 heavy (non-hydrogen) atoms. The lowest BCUT2D eigenvalue weighted by atomic mass is 10.2. The number of aromatic nitrogens is 1. The Morgan fingerprint density at radius 3 is 2.88 bits per heavy atom. The van der Waals surface area contributed by atoms with Crippen molar-refractivity contribution in [2.45, 2.75) is 6.92 Å². The fraction of sp³-hybridized carbons (Fsp3) is 0.455. The second-order valence-corrected chi connectivity index (χ2v) is 4.14. The van der Waals surface area contributed by atoms with E-state index in [0.717, 1.165) is 13.1 Å². The maximum Gasteiger partial charge on any atom is 0.251 e. The number of carbonyl (C=O) groups excluding carboxylic acids is 1. The first-order chi connectivity index (χ1) is 8.02. The topological polar surface area (TPSA) is 71.2 Å². The Morgan fingerprint density at radius 1 is 1.59 bits per heavy atom. The van der Waals surface area contributed by atoms with Gasteiger partial charge in [0.1, 0.15) is 11.0 Å². The zero-order chi connectivity index (χ0) is 12.8. The summed E-state index contributed by atoms with van der Waals surface area (Å²) in [5.74, 6) is 0.0545. The van der Waals surface area contributed by atoms with E-state index in [0.29, 0.717) is 12.1 Å². The summed E-state index contributed by atoms with van der Waals surface area (Å²) in [6.07, 6.45) is 0. The van der Waals surface area contributed by atoms with E-state index < -0.39 is 0 Å². The van der Waals surface area contributed by atoms with E-state index in [1.54, 1.807) is 0 Å². The number of hydrogen-bond acceptors (Lipinski definition) is 4. The molecule has 6 heteroatoms.